The maximum atomic E-state index is 2.29. The van der Waals surface area contributed by atoms with Crippen LogP contribution in [-0.2, 0) is 0 Å². The topological polar surface area (TPSA) is 0 Å². The van der Waals surface area contributed by atoms with Gasteiger partial charge in [-0.1, -0.05) is 56.3 Å². The van der Waals surface area contributed by atoms with E-state index in [0.717, 1.165) is 0 Å². The first-order chi connectivity index (χ1) is 7.70. The molecule has 0 atom stereocenters. The maximum absolute atomic E-state index is 2.29. The molecule has 2 rings (SSSR count). The zero-order valence-electron chi connectivity index (χ0n) is 10.2. The Morgan fingerprint density at radius 1 is 0.938 bits per heavy atom. The second kappa shape index (κ2) is 4.52. The highest BCUT2D eigenvalue weighted by molar-refractivity contribution is 5.85. The Balaban J connectivity index is 2.52. The monoisotopic (exact) mass is 210 g/mol. The van der Waals surface area contributed by atoms with Crippen molar-refractivity contribution in [2.75, 3.05) is 0 Å². The first-order valence-corrected chi connectivity index (χ1v) is 5.87. The standard InChI is InChI=1S/C16H18/c1-4-5-13-6-7-16-11-14(12(2)3)8-9-15(16)10-13/h4-12H,1-3H3/b5-4+. The van der Waals surface area contributed by atoms with Crippen LogP contribution in [0.2, 0.25) is 0 Å². The summed E-state index contributed by atoms with van der Waals surface area (Å²) in [6, 6.07) is 13.4. The second-order valence-corrected chi connectivity index (χ2v) is 4.52. The summed E-state index contributed by atoms with van der Waals surface area (Å²) in [7, 11) is 0. The third kappa shape index (κ3) is 2.16. The summed E-state index contributed by atoms with van der Waals surface area (Å²) in [5.41, 5.74) is 2.68. The van der Waals surface area contributed by atoms with E-state index < -0.39 is 0 Å². The van der Waals surface area contributed by atoms with Gasteiger partial charge in [-0.3, -0.25) is 0 Å². The van der Waals surface area contributed by atoms with Gasteiger partial charge in [-0.2, -0.15) is 0 Å². The maximum Gasteiger partial charge on any atom is -0.0178 e. The van der Waals surface area contributed by atoms with E-state index >= 15 is 0 Å². The van der Waals surface area contributed by atoms with E-state index in [1.807, 2.05) is 6.92 Å². The van der Waals surface area contributed by atoms with Crippen LogP contribution in [0, 0.1) is 0 Å². The predicted octanol–water partition coefficient (Wildman–Crippen LogP) is 5.00. The van der Waals surface area contributed by atoms with E-state index in [2.05, 4.69) is 62.4 Å². The highest BCUT2D eigenvalue weighted by Crippen LogP contribution is 2.22. The summed E-state index contributed by atoms with van der Waals surface area (Å²) in [5, 5.41) is 2.65. The Morgan fingerprint density at radius 3 is 2.31 bits per heavy atom. The third-order valence-electron chi connectivity index (χ3n) is 2.91. The normalized spacial score (nSPS) is 11.8. The van der Waals surface area contributed by atoms with Gasteiger partial charge in [-0.05, 0) is 40.8 Å². The van der Waals surface area contributed by atoms with Crippen LogP contribution in [0.4, 0.5) is 0 Å². The van der Waals surface area contributed by atoms with Gasteiger partial charge in [0.25, 0.3) is 0 Å². The summed E-state index contributed by atoms with van der Waals surface area (Å²) in [6.45, 7) is 6.51. The van der Waals surface area contributed by atoms with Crippen molar-refractivity contribution in [2.45, 2.75) is 26.7 Å². The van der Waals surface area contributed by atoms with Crippen LogP contribution in [-0.4, -0.2) is 0 Å². The summed E-state index contributed by atoms with van der Waals surface area (Å²) < 4.78 is 0. The molecule has 0 saturated heterocycles. The van der Waals surface area contributed by atoms with Gasteiger partial charge in [0.05, 0.1) is 0 Å². The molecule has 2 aromatic rings. The fourth-order valence-electron chi connectivity index (χ4n) is 1.94. The zero-order chi connectivity index (χ0) is 11.5. The average Bonchev–Trinajstić information content (AvgIpc) is 2.28. The Bertz CT molecular complexity index is 519. The molecule has 0 radical (unpaired) electrons. The number of allylic oxidation sites excluding steroid dienone is 1. The van der Waals surface area contributed by atoms with E-state index in [1.54, 1.807) is 0 Å². The molecule has 0 aromatic heterocycles. The molecule has 0 spiro atoms. The lowest BCUT2D eigenvalue weighted by atomic mass is 9.98. The molecular formula is C16H18. The van der Waals surface area contributed by atoms with Crippen molar-refractivity contribution in [2.24, 2.45) is 0 Å². The van der Waals surface area contributed by atoms with Gasteiger partial charge in [0, 0.05) is 0 Å². The van der Waals surface area contributed by atoms with E-state index in [1.165, 1.54) is 21.9 Å². The fourth-order valence-corrected chi connectivity index (χ4v) is 1.94. The second-order valence-electron chi connectivity index (χ2n) is 4.52. The van der Waals surface area contributed by atoms with Crippen molar-refractivity contribution in [3.05, 3.63) is 53.6 Å². The smallest absolute Gasteiger partial charge is 0.0178 e. The summed E-state index contributed by atoms with van der Waals surface area (Å²) in [5.74, 6) is 0.597. The molecule has 0 saturated carbocycles. The Morgan fingerprint density at radius 2 is 1.62 bits per heavy atom. The molecule has 0 nitrogen and oxygen atoms in total. The quantitative estimate of drug-likeness (QED) is 0.654. The number of rotatable bonds is 2. The lowest BCUT2D eigenvalue weighted by molar-refractivity contribution is 0.869. The van der Waals surface area contributed by atoms with Crippen molar-refractivity contribution < 1.29 is 0 Å². The van der Waals surface area contributed by atoms with Crippen LogP contribution < -0.4 is 0 Å². The van der Waals surface area contributed by atoms with Gasteiger partial charge in [0.1, 0.15) is 0 Å². The molecule has 0 heteroatoms. The first kappa shape index (κ1) is 10.9. The van der Waals surface area contributed by atoms with Gasteiger partial charge in [-0.15, -0.1) is 0 Å². The highest BCUT2D eigenvalue weighted by Gasteiger charge is 2.00. The van der Waals surface area contributed by atoms with Gasteiger partial charge in [0.2, 0.25) is 0 Å². The molecular weight excluding hydrogens is 192 g/mol. The minimum atomic E-state index is 0.597. The predicted molar refractivity (Wildman–Crippen MR) is 72.7 cm³/mol. The van der Waals surface area contributed by atoms with Gasteiger partial charge >= 0.3 is 0 Å². The Hall–Kier alpha value is -1.56. The Labute approximate surface area is 97.6 Å². The number of hydrogen-bond donors (Lipinski definition) is 0. The first-order valence-electron chi connectivity index (χ1n) is 5.87. The van der Waals surface area contributed by atoms with Crippen molar-refractivity contribution in [1.82, 2.24) is 0 Å². The molecule has 16 heavy (non-hydrogen) atoms. The van der Waals surface area contributed by atoms with Crippen LogP contribution in [0.15, 0.2) is 42.5 Å². The molecule has 0 amide bonds. The Kier molecular flexibility index (Phi) is 3.09. The number of fused-ring (bicyclic) bond motifs is 1. The highest BCUT2D eigenvalue weighted by atomic mass is 14.1. The van der Waals surface area contributed by atoms with E-state index in [-0.39, 0.29) is 0 Å². The molecule has 0 N–H and O–H groups in total. The van der Waals surface area contributed by atoms with Crippen molar-refractivity contribution >= 4 is 16.8 Å². The minimum Gasteiger partial charge on any atom is -0.0871 e. The zero-order valence-corrected chi connectivity index (χ0v) is 10.2. The minimum absolute atomic E-state index is 0.597. The molecule has 0 aliphatic rings. The van der Waals surface area contributed by atoms with E-state index in [0.29, 0.717) is 5.92 Å². The van der Waals surface area contributed by atoms with Crippen LogP contribution in [0.25, 0.3) is 16.8 Å². The molecule has 82 valence electrons. The van der Waals surface area contributed by atoms with Crippen LogP contribution >= 0.6 is 0 Å². The molecule has 0 heterocycles. The third-order valence-corrected chi connectivity index (χ3v) is 2.91. The molecule has 2 aromatic carbocycles. The van der Waals surface area contributed by atoms with Crippen molar-refractivity contribution in [1.29, 1.82) is 0 Å². The number of hydrogen-bond acceptors (Lipinski definition) is 0. The molecule has 0 aliphatic carbocycles. The van der Waals surface area contributed by atoms with Crippen LogP contribution in [0.3, 0.4) is 0 Å². The molecule has 0 fully saturated rings. The summed E-state index contributed by atoms with van der Waals surface area (Å²) >= 11 is 0. The summed E-state index contributed by atoms with van der Waals surface area (Å²) in [6.07, 6.45) is 4.21. The number of benzene rings is 2. The van der Waals surface area contributed by atoms with Gasteiger partial charge in [-0.25, -0.2) is 0 Å². The SMILES string of the molecule is C/C=C/c1ccc2cc(C(C)C)ccc2c1. The summed E-state index contributed by atoms with van der Waals surface area (Å²) in [4.78, 5) is 0. The lowest BCUT2D eigenvalue weighted by Gasteiger charge is -2.07. The largest absolute Gasteiger partial charge is 0.0871 e. The van der Waals surface area contributed by atoms with Crippen molar-refractivity contribution in [3.63, 3.8) is 0 Å². The van der Waals surface area contributed by atoms with Crippen LogP contribution in [0.5, 0.6) is 0 Å². The van der Waals surface area contributed by atoms with Gasteiger partial charge in [0.15, 0.2) is 0 Å². The van der Waals surface area contributed by atoms with Gasteiger partial charge < -0.3 is 0 Å². The molecule has 0 aliphatic heterocycles. The molecule has 0 bridgehead atoms. The lowest BCUT2D eigenvalue weighted by Crippen LogP contribution is -1.86. The van der Waals surface area contributed by atoms with E-state index in [4.69, 9.17) is 0 Å². The van der Waals surface area contributed by atoms with E-state index in [9.17, 15) is 0 Å². The van der Waals surface area contributed by atoms with Crippen LogP contribution in [0.1, 0.15) is 37.8 Å². The fraction of sp³-hybridized carbons (Fsp3) is 0.250. The van der Waals surface area contributed by atoms with Crippen molar-refractivity contribution in [3.8, 4) is 0 Å². The molecule has 0 unspecified atom stereocenters. The average molecular weight is 210 g/mol.